The summed E-state index contributed by atoms with van der Waals surface area (Å²) in [5.74, 6) is -1.76. The lowest BCUT2D eigenvalue weighted by atomic mass is 9.71. The number of hydrogen-bond acceptors (Lipinski definition) is 21. The van der Waals surface area contributed by atoms with E-state index in [0.29, 0.717) is 94.4 Å². The minimum atomic E-state index is -1.67. The number of amides is 8. The number of hydrogen-bond donors (Lipinski definition) is 8. The fourth-order valence-electron chi connectivity index (χ4n) is 15.5. The van der Waals surface area contributed by atoms with Gasteiger partial charge in [-0.1, -0.05) is 56.7 Å². The van der Waals surface area contributed by atoms with Crippen LogP contribution in [0.25, 0.3) is 11.0 Å². The van der Waals surface area contributed by atoms with Crippen molar-refractivity contribution in [1.82, 2.24) is 41.3 Å². The van der Waals surface area contributed by atoms with E-state index in [0.717, 1.165) is 32.5 Å². The molecule has 99 heavy (non-hydrogen) atoms. The number of urea groups is 1. The van der Waals surface area contributed by atoms with Crippen LogP contribution in [0.1, 0.15) is 134 Å². The van der Waals surface area contributed by atoms with Crippen molar-refractivity contribution in [2.75, 3.05) is 58.3 Å². The second-order valence-electron chi connectivity index (χ2n) is 26.7. The summed E-state index contributed by atoms with van der Waals surface area (Å²) in [5.41, 5.74) is 10.3. The maximum Gasteiger partial charge on any atom is 0.407 e. The summed E-state index contributed by atoms with van der Waals surface area (Å²) in [4.78, 5) is 125. The largest absolute Gasteiger partial charge is 0.504 e. The molecule has 0 aliphatic carbocycles. The third-order valence-corrected chi connectivity index (χ3v) is 21.6. The molecule has 0 saturated carbocycles. The second kappa shape index (κ2) is 28.8. The Labute approximate surface area is 576 Å². The van der Waals surface area contributed by atoms with Crippen LogP contribution >= 0.6 is 11.8 Å². The number of esters is 2. The van der Waals surface area contributed by atoms with E-state index in [2.05, 4.69) is 61.7 Å². The molecule has 13 rings (SSSR count). The monoisotopic (exact) mass is 1380 g/mol. The van der Waals surface area contributed by atoms with Gasteiger partial charge in [-0.15, -0.1) is 11.8 Å². The molecular weight excluding hydrogens is 1300 g/mol. The van der Waals surface area contributed by atoms with Gasteiger partial charge in [-0.25, -0.2) is 14.4 Å². The number of likely N-dealkylation sites (N-methyl/N-ethyl adjacent to an activating group) is 1. The number of nitrogens with two attached hydrogens (primary N) is 1. The first-order valence-electron chi connectivity index (χ1n) is 33.6. The highest BCUT2D eigenvalue weighted by Crippen LogP contribution is 2.65. The van der Waals surface area contributed by atoms with Gasteiger partial charge < -0.3 is 70.3 Å². The minimum Gasteiger partial charge on any atom is -0.504 e. The number of unbranched alkanes of at least 4 members (excludes halogenated alkanes) is 2. The first-order valence-corrected chi connectivity index (χ1v) is 34.6. The molecule has 4 bridgehead atoms. The number of furan rings is 1. The number of nitrogens with zero attached hydrogens (tertiary/aromatic N) is 3. The number of ether oxygens (including phenoxy) is 6. The fourth-order valence-corrected chi connectivity index (χ4v) is 17.1. The van der Waals surface area contributed by atoms with Crippen LogP contribution in [-0.2, 0) is 68.0 Å². The van der Waals surface area contributed by atoms with E-state index in [1.807, 2.05) is 38.1 Å². The van der Waals surface area contributed by atoms with Crippen LogP contribution < -0.4 is 56.6 Å². The Morgan fingerprint density at radius 3 is 2.35 bits per heavy atom. The lowest BCUT2D eigenvalue weighted by Gasteiger charge is -2.63. The second-order valence-corrected chi connectivity index (χ2v) is 27.9. The van der Waals surface area contributed by atoms with Crippen LogP contribution in [0.15, 0.2) is 71.2 Å². The average molecular weight is 1380 g/mol. The van der Waals surface area contributed by atoms with Gasteiger partial charge in [0.15, 0.2) is 28.5 Å². The molecule has 0 unspecified atom stereocenters. The third kappa shape index (κ3) is 13.5. The smallest absolute Gasteiger partial charge is 0.407 e. The molecule has 28 heteroatoms. The molecule has 8 aliphatic rings. The number of imide groups is 1. The van der Waals surface area contributed by atoms with Gasteiger partial charge >= 0.3 is 24.1 Å². The molecule has 9 N–H and O–H groups in total. The molecular formula is C71H84N10O17S. The van der Waals surface area contributed by atoms with Gasteiger partial charge in [0, 0.05) is 114 Å². The lowest BCUT2D eigenvalue weighted by Crippen LogP contribution is -2.69. The van der Waals surface area contributed by atoms with E-state index in [9.17, 15) is 43.5 Å². The first-order chi connectivity index (χ1) is 47.5. The van der Waals surface area contributed by atoms with E-state index in [-0.39, 0.29) is 106 Å². The number of aromatic hydroxyl groups is 1. The number of fused-ring (bicyclic) bond motifs is 11. The highest BCUT2D eigenvalue weighted by molar-refractivity contribution is 7.99. The Balaban J connectivity index is 0.747. The van der Waals surface area contributed by atoms with Crippen LogP contribution in [0.3, 0.4) is 0 Å². The highest BCUT2D eigenvalue weighted by atomic mass is 32.2. The Kier molecular flexibility index (Phi) is 20.2. The van der Waals surface area contributed by atoms with Crippen molar-refractivity contribution in [3.05, 3.63) is 117 Å². The van der Waals surface area contributed by atoms with Crippen molar-refractivity contribution in [3.63, 3.8) is 0 Å². The van der Waals surface area contributed by atoms with Crippen molar-refractivity contribution >= 4 is 82.0 Å². The predicted octanol–water partition coefficient (Wildman–Crippen LogP) is 6.31. The zero-order valence-electron chi connectivity index (χ0n) is 56.5. The Bertz CT molecular complexity index is 4070. The molecule has 1 aromatic heterocycles. The number of aryl methyl sites for hydroxylation is 1. The first kappa shape index (κ1) is 69.5. The summed E-state index contributed by atoms with van der Waals surface area (Å²) in [5, 5.41) is 30.0. The van der Waals surface area contributed by atoms with Crippen molar-refractivity contribution in [2.24, 2.45) is 11.7 Å². The normalized spacial score (nSPS) is 23.3. The van der Waals surface area contributed by atoms with Crippen molar-refractivity contribution in [1.29, 1.82) is 0 Å². The van der Waals surface area contributed by atoms with Crippen molar-refractivity contribution in [2.45, 2.75) is 159 Å². The summed E-state index contributed by atoms with van der Waals surface area (Å²) in [6.45, 7) is 10.7. The number of para-hydroxylation sites is 1. The van der Waals surface area contributed by atoms with Gasteiger partial charge in [-0.3, -0.25) is 48.8 Å². The van der Waals surface area contributed by atoms with Gasteiger partial charge in [0.2, 0.25) is 24.5 Å². The summed E-state index contributed by atoms with van der Waals surface area (Å²) in [6, 6.07) is 10.9. The van der Waals surface area contributed by atoms with E-state index in [1.165, 1.54) is 30.8 Å². The van der Waals surface area contributed by atoms with E-state index in [1.54, 1.807) is 45.2 Å². The number of methoxy groups -OCH3 is 1. The maximum absolute atomic E-state index is 15.7. The number of carbonyl (C=O) groups is 9. The van der Waals surface area contributed by atoms with E-state index < -0.39 is 82.9 Å². The molecule has 2 fully saturated rings. The van der Waals surface area contributed by atoms with Crippen LogP contribution in [0, 0.1) is 19.8 Å². The standard InChI is InChI=1S/C71H84N10O17S/c1-35(2)56(77-50(83)18-10-9-13-26-80-51(84)23-24-52(80)85)67(88)76-46(16-14-25-73-69(72)90)66(87)75-42-21-19-40(20-22-42)31-94-70(91)74-30-43-29-45-44-15-11-12-17-49(44)98-65(45)71(78-43)33-99-64-55-54(63-62(95-34-96-63)37(4)61(55)97-39(6)82)48(32-93-68(71)89)81-38(5)47-28-41-27-36(3)60(92-8)59(86)53(41)57(58(64)81)79(47)7/h11-12,15,17,19-24,27,35,38,43,46-48,56-58,64,78,86H,9-10,13-14,16,18,25-26,28-34H2,1-8H3,(H,74,91)(H,75,87)(H,76,88)(H,77,83)(H3,72,73,90)/t38-,43+,46-,47+,48-,56-,57+,58+,64+,71+/m0/s1. The molecule has 8 aliphatic heterocycles. The molecule has 8 amide bonds. The summed E-state index contributed by atoms with van der Waals surface area (Å²) in [7, 11) is 3.62. The number of anilines is 1. The van der Waals surface area contributed by atoms with Crippen molar-refractivity contribution < 1.29 is 81.1 Å². The van der Waals surface area contributed by atoms with E-state index in [4.69, 9.17) is 38.6 Å². The zero-order valence-corrected chi connectivity index (χ0v) is 57.4. The molecule has 27 nitrogen and oxygen atoms in total. The Morgan fingerprint density at radius 2 is 1.63 bits per heavy atom. The van der Waals surface area contributed by atoms with Gasteiger partial charge in [0.05, 0.1) is 24.4 Å². The minimum absolute atomic E-state index is 0.00688. The Hall–Kier alpha value is -9.38. The van der Waals surface area contributed by atoms with Crippen LogP contribution in [0.5, 0.6) is 28.7 Å². The summed E-state index contributed by atoms with van der Waals surface area (Å²) in [6.07, 6.45) is 4.59. The number of carbonyl (C=O) groups excluding carboxylic acids is 9. The number of rotatable bonds is 22. The topological polar surface area (TPSA) is 350 Å². The highest BCUT2D eigenvalue weighted by Gasteiger charge is 2.62. The molecule has 10 atom stereocenters. The average Bonchev–Trinajstić information content (AvgIpc) is 1.17. The number of phenols is 1. The zero-order chi connectivity index (χ0) is 70.3. The lowest BCUT2D eigenvalue weighted by molar-refractivity contribution is -0.159. The number of phenolic OH excluding ortho intramolecular Hbond substituents is 1. The molecule has 4 aromatic carbocycles. The number of piperazine rings is 1. The number of thioether (sulfide) groups is 1. The quantitative estimate of drug-likeness (QED) is 0.0163. The van der Waals surface area contributed by atoms with Crippen LogP contribution in [-0.4, -0.2) is 163 Å². The van der Waals surface area contributed by atoms with Gasteiger partial charge in [0.1, 0.15) is 42.4 Å². The van der Waals surface area contributed by atoms with E-state index >= 15 is 4.79 Å². The maximum atomic E-state index is 15.7. The number of primary amides is 1. The molecule has 5 aromatic rings. The van der Waals surface area contributed by atoms with Gasteiger partial charge in [-0.2, -0.15) is 0 Å². The third-order valence-electron chi connectivity index (χ3n) is 20.1. The fraction of sp³-hybridized carbons (Fsp3) is 0.479. The molecule has 2 saturated heterocycles. The molecule has 526 valence electrons. The van der Waals surface area contributed by atoms with Crippen LogP contribution in [0.4, 0.5) is 15.3 Å². The number of benzene rings is 4. The SMILES string of the molecule is COc1c(C)cc2c(c1O)[C@@H]1[C@@H]3[C@@H]4SC[C@]5(N[C@@H](CNC(=O)OCc6ccc(NC(=O)[C@H](CCCNC(N)=O)NC(=O)[C@@H](NC(=O)CCCCCN7C(=O)C=CC7=O)C(C)C)cc6)Cc6c5oc5ccccc65)C(=O)OC[C@@H](c5c6c(c(C)c(OC(C)=O)c54)OCO6)N3[C@@H](C)[C@@H](C2)N1C. The van der Waals surface area contributed by atoms with Gasteiger partial charge in [0.25, 0.3) is 11.8 Å². The van der Waals surface area contributed by atoms with Gasteiger partial charge in [-0.05, 0) is 107 Å². The molecule has 9 heterocycles. The van der Waals surface area contributed by atoms with Crippen LogP contribution in [0.2, 0.25) is 0 Å². The Morgan fingerprint density at radius 1 is 0.879 bits per heavy atom. The molecule has 0 radical (unpaired) electrons. The number of nitrogens with one attached hydrogen (secondary N) is 6. The predicted molar refractivity (Wildman–Crippen MR) is 362 cm³/mol. The summed E-state index contributed by atoms with van der Waals surface area (Å²) >= 11 is 1.47. The van der Waals surface area contributed by atoms with Crippen molar-refractivity contribution in [3.8, 4) is 28.7 Å². The molecule has 1 spiro atoms. The number of alkyl carbamates (subject to hydrolysis) is 1. The summed E-state index contributed by atoms with van der Waals surface area (Å²) < 4.78 is 44.0.